The van der Waals surface area contributed by atoms with Gasteiger partial charge in [0.1, 0.15) is 0 Å². The molecule has 1 aliphatic rings. The second-order valence-corrected chi connectivity index (χ2v) is 9.51. The molecule has 0 bridgehead atoms. The zero-order valence-corrected chi connectivity index (χ0v) is 19.0. The quantitative estimate of drug-likeness (QED) is 0.641. The van der Waals surface area contributed by atoms with Crippen LogP contribution in [-0.4, -0.2) is 67.7 Å². The predicted molar refractivity (Wildman–Crippen MR) is 119 cm³/mol. The maximum atomic E-state index is 13.1. The van der Waals surface area contributed by atoms with Gasteiger partial charge in [-0.3, -0.25) is 9.69 Å². The van der Waals surface area contributed by atoms with E-state index in [4.69, 9.17) is 4.98 Å². The molecule has 1 amide bonds. The molecule has 0 atom stereocenters. The number of thiophene rings is 1. The molecule has 0 radical (unpaired) electrons. The van der Waals surface area contributed by atoms with Gasteiger partial charge in [-0.15, -0.1) is 11.3 Å². The summed E-state index contributed by atoms with van der Waals surface area (Å²) in [7, 11) is 0. The first kappa shape index (κ1) is 20.7. The third-order valence-corrected chi connectivity index (χ3v) is 6.69. The minimum Gasteiger partial charge on any atom is -0.336 e. The summed E-state index contributed by atoms with van der Waals surface area (Å²) in [4.78, 5) is 29.0. The van der Waals surface area contributed by atoms with Crippen LogP contribution in [0.1, 0.15) is 39.7 Å². The Morgan fingerprint density at radius 1 is 1.13 bits per heavy atom. The van der Waals surface area contributed by atoms with Crippen LogP contribution in [0.5, 0.6) is 0 Å². The highest BCUT2D eigenvalue weighted by Gasteiger charge is 2.26. The van der Waals surface area contributed by atoms with Crippen molar-refractivity contribution in [1.82, 2.24) is 29.5 Å². The number of hydrogen-bond acceptors (Lipinski definition) is 6. The molecule has 8 heteroatoms. The number of amides is 1. The summed E-state index contributed by atoms with van der Waals surface area (Å²) in [6.07, 6.45) is 3.39. The number of rotatable bonds is 4. The third kappa shape index (κ3) is 3.89. The van der Waals surface area contributed by atoms with Gasteiger partial charge < -0.3 is 4.90 Å². The lowest BCUT2D eigenvalue weighted by Crippen LogP contribution is -2.50. The second kappa shape index (κ2) is 8.28. The fraction of sp³-hybridized carbons (Fsp3) is 0.455. The minimum absolute atomic E-state index is 0.0302. The average molecular weight is 425 g/mol. The molecule has 30 heavy (non-hydrogen) atoms. The average Bonchev–Trinajstić information content (AvgIpc) is 3.29. The summed E-state index contributed by atoms with van der Waals surface area (Å²) >= 11 is 1.76. The highest BCUT2D eigenvalue weighted by molar-refractivity contribution is 7.12. The molecule has 7 nitrogen and oxygen atoms in total. The summed E-state index contributed by atoms with van der Waals surface area (Å²) in [5, 5.41) is 4.44. The number of aromatic nitrogens is 4. The Bertz CT molecular complexity index is 1060. The fourth-order valence-electron chi connectivity index (χ4n) is 3.92. The maximum absolute atomic E-state index is 13.1. The normalized spacial score (nSPS) is 15.2. The molecule has 4 heterocycles. The van der Waals surface area contributed by atoms with Gasteiger partial charge in [0.15, 0.2) is 0 Å². The van der Waals surface area contributed by atoms with Gasteiger partial charge in [0, 0.05) is 53.7 Å². The van der Waals surface area contributed by atoms with Gasteiger partial charge in [0.25, 0.3) is 11.9 Å². The van der Waals surface area contributed by atoms with Gasteiger partial charge in [-0.05, 0) is 46.8 Å². The van der Waals surface area contributed by atoms with Crippen LogP contribution in [0.15, 0.2) is 24.5 Å². The lowest BCUT2D eigenvalue weighted by molar-refractivity contribution is 0.0595. The van der Waals surface area contributed by atoms with Crippen LogP contribution in [0.25, 0.3) is 17.2 Å². The highest BCUT2D eigenvalue weighted by Crippen LogP contribution is 2.29. The molecule has 3 aromatic heterocycles. The molecule has 1 saturated heterocycles. The van der Waals surface area contributed by atoms with Crippen molar-refractivity contribution in [1.29, 1.82) is 0 Å². The van der Waals surface area contributed by atoms with E-state index in [2.05, 4.69) is 48.7 Å². The number of carbonyl (C=O) groups excluding carboxylic acids is 1. The highest BCUT2D eigenvalue weighted by atomic mass is 32.1. The van der Waals surface area contributed by atoms with E-state index in [9.17, 15) is 4.79 Å². The first-order chi connectivity index (χ1) is 14.3. The number of aryl methyl sites for hydroxylation is 2. The minimum atomic E-state index is 0.0302. The molecule has 1 fully saturated rings. The summed E-state index contributed by atoms with van der Waals surface area (Å²) in [6.45, 7) is 13.8. The van der Waals surface area contributed by atoms with Crippen LogP contribution >= 0.6 is 11.3 Å². The van der Waals surface area contributed by atoms with Crippen molar-refractivity contribution < 1.29 is 4.79 Å². The van der Waals surface area contributed by atoms with Crippen LogP contribution < -0.4 is 0 Å². The van der Waals surface area contributed by atoms with E-state index >= 15 is 0 Å². The zero-order chi connectivity index (χ0) is 21.4. The molecule has 0 aliphatic carbocycles. The van der Waals surface area contributed by atoms with E-state index in [1.807, 2.05) is 17.9 Å². The van der Waals surface area contributed by atoms with E-state index in [0.29, 0.717) is 17.6 Å². The summed E-state index contributed by atoms with van der Waals surface area (Å²) in [6, 6.07) is 4.57. The van der Waals surface area contributed by atoms with Crippen LogP contribution in [0.2, 0.25) is 0 Å². The van der Waals surface area contributed by atoms with Crippen molar-refractivity contribution in [2.75, 3.05) is 26.2 Å². The first-order valence-electron chi connectivity index (χ1n) is 10.3. The Kier molecular flexibility index (Phi) is 5.71. The Morgan fingerprint density at radius 3 is 2.50 bits per heavy atom. The fourth-order valence-corrected chi connectivity index (χ4v) is 4.85. The number of hydrogen-bond donors (Lipinski definition) is 0. The maximum Gasteiger partial charge on any atom is 0.257 e. The molecule has 0 N–H and O–H groups in total. The van der Waals surface area contributed by atoms with Crippen LogP contribution in [-0.2, 0) is 0 Å². The zero-order valence-electron chi connectivity index (χ0n) is 18.2. The summed E-state index contributed by atoms with van der Waals surface area (Å²) < 4.78 is 1.66. The van der Waals surface area contributed by atoms with Crippen molar-refractivity contribution in [3.8, 4) is 17.2 Å². The Hall–Kier alpha value is -2.58. The molecule has 0 saturated carbocycles. The largest absolute Gasteiger partial charge is 0.336 e. The standard InChI is InChI=1S/C22H28N6OS/c1-14(2)26-8-10-27(11-9-26)21(29)19-13-24-28(16(19)4)22-23-7-6-20(25-22)18-12-15(3)30-17(18)5/h6-7,12-14H,8-11H2,1-5H3. The van der Waals surface area contributed by atoms with Gasteiger partial charge in [0.05, 0.1) is 23.1 Å². The molecule has 4 rings (SSSR count). The van der Waals surface area contributed by atoms with Crippen molar-refractivity contribution in [2.45, 2.75) is 40.7 Å². The molecule has 0 spiro atoms. The lowest BCUT2D eigenvalue weighted by Gasteiger charge is -2.36. The van der Waals surface area contributed by atoms with Gasteiger partial charge in [-0.1, -0.05) is 0 Å². The van der Waals surface area contributed by atoms with E-state index in [0.717, 1.165) is 43.1 Å². The molecule has 158 valence electrons. The van der Waals surface area contributed by atoms with E-state index in [-0.39, 0.29) is 5.91 Å². The van der Waals surface area contributed by atoms with Crippen molar-refractivity contribution >= 4 is 17.2 Å². The SMILES string of the molecule is Cc1cc(-c2ccnc(-n3ncc(C(=O)N4CCN(C(C)C)CC4)c3C)n2)c(C)s1. The predicted octanol–water partition coefficient (Wildman–Crippen LogP) is 3.48. The van der Waals surface area contributed by atoms with Gasteiger partial charge in [-0.25, -0.2) is 14.6 Å². The first-order valence-corrected chi connectivity index (χ1v) is 11.2. The van der Waals surface area contributed by atoms with Crippen molar-refractivity contribution in [3.63, 3.8) is 0 Å². The van der Waals surface area contributed by atoms with Crippen molar-refractivity contribution in [3.05, 3.63) is 45.5 Å². The molecule has 0 unspecified atom stereocenters. The molecular formula is C22H28N6OS. The monoisotopic (exact) mass is 424 g/mol. The van der Waals surface area contributed by atoms with Crippen molar-refractivity contribution in [2.24, 2.45) is 0 Å². The third-order valence-electron chi connectivity index (χ3n) is 5.72. The smallest absolute Gasteiger partial charge is 0.257 e. The summed E-state index contributed by atoms with van der Waals surface area (Å²) in [5.74, 6) is 0.513. The Labute approximate surface area is 181 Å². The summed E-state index contributed by atoms with van der Waals surface area (Å²) in [5.41, 5.74) is 3.37. The topological polar surface area (TPSA) is 67.2 Å². The second-order valence-electron chi connectivity index (χ2n) is 8.05. The number of piperazine rings is 1. The van der Waals surface area contributed by atoms with E-state index in [1.54, 1.807) is 28.4 Å². The van der Waals surface area contributed by atoms with E-state index < -0.39 is 0 Å². The van der Waals surface area contributed by atoms with Gasteiger partial charge in [-0.2, -0.15) is 5.10 Å². The van der Waals surface area contributed by atoms with E-state index in [1.165, 1.54) is 9.75 Å². The molecule has 1 aliphatic heterocycles. The molecule has 0 aromatic carbocycles. The number of nitrogens with zero attached hydrogens (tertiary/aromatic N) is 6. The van der Waals surface area contributed by atoms with Gasteiger partial charge >= 0.3 is 0 Å². The molecule has 3 aromatic rings. The Morgan fingerprint density at radius 2 is 1.87 bits per heavy atom. The van der Waals surface area contributed by atoms with Crippen LogP contribution in [0.4, 0.5) is 0 Å². The lowest BCUT2D eigenvalue weighted by atomic mass is 10.2. The van der Waals surface area contributed by atoms with Crippen LogP contribution in [0.3, 0.4) is 0 Å². The molecular weight excluding hydrogens is 396 g/mol. The Balaban J connectivity index is 1.57. The number of carbonyl (C=O) groups is 1. The van der Waals surface area contributed by atoms with Gasteiger partial charge in [0.2, 0.25) is 0 Å². The van der Waals surface area contributed by atoms with Crippen LogP contribution in [0, 0.1) is 20.8 Å².